The molecule has 86 valence electrons. The molecule has 0 heterocycles. The van der Waals surface area contributed by atoms with E-state index in [9.17, 15) is 0 Å². The maximum Gasteiger partial charge on any atom is 0.0638 e. The summed E-state index contributed by atoms with van der Waals surface area (Å²) in [6, 6.07) is 2.64. The van der Waals surface area contributed by atoms with Crippen molar-refractivity contribution in [2.45, 2.75) is 56.2 Å². The van der Waals surface area contributed by atoms with Crippen LogP contribution in [-0.4, -0.2) is 23.6 Å². The van der Waals surface area contributed by atoms with Gasteiger partial charge in [-0.25, -0.2) is 0 Å². The van der Waals surface area contributed by atoms with Crippen molar-refractivity contribution in [2.75, 3.05) is 12.8 Å². The van der Waals surface area contributed by atoms with Gasteiger partial charge in [0.2, 0.25) is 0 Å². The molecule has 0 bridgehead atoms. The van der Waals surface area contributed by atoms with E-state index < -0.39 is 0 Å². The van der Waals surface area contributed by atoms with Crippen LogP contribution in [0.15, 0.2) is 0 Å². The highest BCUT2D eigenvalue weighted by atomic mass is 32.2. The summed E-state index contributed by atoms with van der Waals surface area (Å²) in [6.07, 6.45) is 9.33. The van der Waals surface area contributed by atoms with Gasteiger partial charge in [-0.05, 0) is 25.5 Å². The predicted octanol–water partition coefficient (Wildman–Crippen LogP) is 2.94. The van der Waals surface area contributed by atoms with Crippen LogP contribution in [0.5, 0.6) is 0 Å². The normalized spacial score (nSPS) is 21.1. The van der Waals surface area contributed by atoms with Crippen LogP contribution >= 0.6 is 11.8 Å². The van der Waals surface area contributed by atoms with Crippen molar-refractivity contribution in [3.8, 4) is 6.07 Å². The van der Waals surface area contributed by atoms with Gasteiger partial charge < -0.3 is 5.32 Å². The van der Waals surface area contributed by atoms with Crippen molar-refractivity contribution < 1.29 is 0 Å². The first kappa shape index (κ1) is 12.9. The number of hydrogen-bond acceptors (Lipinski definition) is 3. The zero-order chi connectivity index (χ0) is 11.1. The Bertz CT molecular complexity index is 216. The Hall–Kier alpha value is -0.200. The molecule has 0 aliphatic heterocycles. The van der Waals surface area contributed by atoms with E-state index in [0.29, 0.717) is 17.2 Å². The molecule has 0 spiro atoms. The molecule has 0 aromatic heterocycles. The third kappa shape index (κ3) is 3.70. The molecule has 0 aromatic carbocycles. The fourth-order valence-electron chi connectivity index (χ4n) is 2.27. The van der Waals surface area contributed by atoms with Crippen molar-refractivity contribution in [3.63, 3.8) is 0 Å². The molecule has 2 nitrogen and oxygen atoms in total. The van der Waals surface area contributed by atoms with Crippen molar-refractivity contribution >= 4 is 11.8 Å². The van der Waals surface area contributed by atoms with E-state index in [1.54, 1.807) is 0 Å². The molecule has 15 heavy (non-hydrogen) atoms. The molecule has 1 fully saturated rings. The summed E-state index contributed by atoms with van der Waals surface area (Å²) in [5.74, 6) is 0. The second-order valence-corrected chi connectivity index (χ2v) is 5.72. The number of thioether (sulfide) groups is 1. The quantitative estimate of drug-likeness (QED) is 0.756. The fraction of sp³-hybridized carbons (Fsp3) is 0.917. The Morgan fingerprint density at radius 1 is 1.47 bits per heavy atom. The van der Waals surface area contributed by atoms with Gasteiger partial charge in [0.1, 0.15) is 0 Å². The lowest BCUT2D eigenvalue weighted by atomic mass is 10.1. The number of hydrogen-bond donors (Lipinski definition) is 1. The molecule has 3 heteroatoms. The van der Waals surface area contributed by atoms with Crippen molar-refractivity contribution in [3.05, 3.63) is 0 Å². The lowest BCUT2D eigenvalue weighted by Gasteiger charge is -2.29. The molecule has 1 unspecified atom stereocenters. The smallest absolute Gasteiger partial charge is 0.0638 e. The van der Waals surface area contributed by atoms with E-state index in [4.69, 9.17) is 5.26 Å². The number of rotatable bonds is 6. The van der Waals surface area contributed by atoms with Gasteiger partial charge >= 0.3 is 0 Å². The van der Waals surface area contributed by atoms with Crippen LogP contribution < -0.4 is 5.32 Å². The summed E-state index contributed by atoms with van der Waals surface area (Å²) in [7, 11) is 0. The zero-order valence-corrected chi connectivity index (χ0v) is 10.7. The number of nitrogens with one attached hydrogen (secondary N) is 1. The fourth-order valence-corrected chi connectivity index (χ4v) is 3.20. The van der Waals surface area contributed by atoms with Gasteiger partial charge in [0.15, 0.2) is 0 Å². The molecule has 1 aliphatic rings. The Morgan fingerprint density at radius 3 is 2.60 bits per heavy atom. The molecule has 1 saturated carbocycles. The Labute approximate surface area is 97.8 Å². The second kappa shape index (κ2) is 6.40. The third-order valence-electron chi connectivity index (χ3n) is 3.49. The van der Waals surface area contributed by atoms with Crippen LogP contribution in [0.4, 0.5) is 0 Å². The zero-order valence-electron chi connectivity index (χ0n) is 9.88. The molecule has 1 atom stereocenters. The van der Waals surface area contributed by atoms with Crippen molar-refractivity contribution in [1.29, 1.82) is 5.26 Å². The predicted molar refractivity (Wildman–Crippen MR) is 67.0 cm³/mol. The average Bonchev–Trinajstić information content (AvgIpc) is 2.73. The van der Waals surface area contributed by atoms with Crippen molar-refractivity contribution in [2.24, 2.45) is 0 Å². The van der Waals surface area contributed by atoms with Gasteiger partial charge in [-0.15, -0.1) is 0 Å². The van der Waals surface area contributed by atoms with Crippen LogP contribution in [0.25, 0.3) is 0 Å². The highest BCUT2D eigenvalue weighted by molar-refractivity contribution is 8.00. The van der Waals surface area contributed by atoms with Gasteiger partial charge in [0.25, 0.3) is 0 Å². The van der Waals surface area contributed by atoms with E-state index in [1.165, 1.54) is 25.7 Å². The number of nitrogens with zero attached hydrogens (tertiary/aromatic N) is 1. The van der Waals surface area contributed by atoms with E-state index in [-0.39, 0.29) is 0 Å². The highest BCUT2D eigenvalue weighted by Gasteiger charge is 2.32. The maximum absolute atomic E-state index is 8.69. The van der Waals surface area contributed by atoms with Crippen LogP contribution in [-0.2, 0) is 0 Å². The number of nitriles is 1. The van der Waals surface area contributed by atoms with Crippen LogP contribution in [0.3, 0.4) is 0 Å². The minimum atomic E-state index is 0.389. The van der Waals surface area contributed by atoms with Gasteiger partial charge in [-0.3, -0.25) is 0 Å². The second-order valence-electron chi connectivity index (χ2n) is 4.44. The first-order chi connectivity index (χ1) is 7.26. The van der Waals surface area contributed by atoms with Crippen LogP contribution in [0, 0.1) is 11.3 Å². The largest absolute Gasteiger partial charge is 0.312 e. The average molecular weight is 226 g/mol. The SMILES string of the molecule is CCC(CC#N)NCC1(SC)CCCC1. The van der Waals surface area contributed by atoms with E-state index in [0.717, 1.165) is 13.0 Å². The summed E-state index contributed by atoms with van der Waals surface area (Å²) in [5.41, 5.74) is 0. The lowest BCUT2D eigenvalue weighted by Crippen LogP contribution is -2.40. The molecular formula is C12H22N2S. The van der Waals surface area contributed by atoms with E-state index >= 15 is 0 Å². The molecule has 0 amide bonds. The summed E-state index contributed by atoms with van der Waals surface area (Å²) in [5, 5.41) is 12.2. The molecule has 1 N–H and O–H groups in total. The first-order valence-corrected chi connectivity index (χ1v) is 7.14. The Balaban J connectivity index is 2.36. The maximum atomic E-state index is 8.69. The van der Waals surface area contributed by atoms with Crippen molar-refractivity contribution in [1.82, 2.24) is 5.32 Å². The summed E-state index contributed by atoms with van der Waals surface area (Å²) < 4.78 is 0.461. The minimum absolute atomic E-state index is 0.389. The molecule has 0 radical (unpaired) electrons. The standard InChI is InChI=1S/C12H22N2S/c1-3-11(6-9-13)14-10-12(15-2)7-4-5-8-12/h11,14H,3-8,10H2,1-2H3. The molecular weight excluding hydrogens is 204 g/mol. The molecule has 1 aliphatic carbocycles. The van der Waals surface area contributed by atoms with E-state index in [1.807, 2.05) is 11.8 Å². The molecule has 0 saturated heterocycles. The monoisotopic (exact) mass is 226 g/mol. The summed E-state index contributed by atoms with van der Waals surface area (Å²) in [6.45, 7) is 3.23. The summed E-state index contributed by atoms with van der Waals surface area (Å²) >= 11 is 2.01. The topological polar surface area (TPSA) is 35.8 Å². The Morgan fingerprint density at radius 2 is 2.13 bits per heavy atom. The third-order valence-corrected chi connectivity index (χ3v) is 4.91. The summed E-state index contributed by atoms with van der Waals surface area (Å²) in [4.78, 5) is 0. The molecule has 0 aromatic rings. The van der Waals surface area contributed by atoms with Crippen LogP contribution in [0.1, 0.15) is 45.4 Å². The lowest BCUT2D eigenvalue weighted by molar-refractivity contribution is 0.451. The highest BCUT2D eigenvalue weighted by Crippen LogP contribution is 2.39. The molecule has 1 rings (SSSR count). The van der Waals surface area contributed by atoms with Gasteiger partial charge in [-0.1, -0.05) is 19.8 Å². The van der Waals surface area contributed by atoms with Gasteiger partial charge in [-0.2, -0.15) is 17.0 Å². The minimum Gasteiger partial charge on any atom is -0.312 e. The Kier molecular flexibility index (Phi) is 5.49. The van der Waals surface area contributed by atoms with Crippen LogP contribution in [0.2, 0.25) is 0 Å². The van der Waals surface area contributed by atoms with E-state index in [2.05, 4.69) is 24.6 Å². The van der Waals surface area contributed by atoms with Gasteiger partial charge in [0, 0.05) is 17.3 Å². The first-order valence-electron chi connectivity index (χ1n) is 5.92. The van der Waals surface area contributed by atoms with Gasteiger partial charge in [0.05, 0.1) is 12.5 Å².